The molecule has 10 nitrogen and oxygen atoms in total. The van der Waals surface area contributed by atoms with Gasteiger partial charge in [-0.15, -0.1) is 0 Å². The monoisotopic (exact) mass is 555 g/mol. The third-order valence-electron chi connectivity index (χ3n) is 8.93. The van der Waals surface area contributed by atoms with Crippen LogP contribution in [0.2, 0.25) is 0 Å². The number of rotatable bonds is 5. The second-order valence-corrected chi connectivity index (χ2v) is 12.0. The normalized spacial score (nSPS) is 21.4. The average Bonchev–Trinajstić information content (AvgIpc) is 3.47. The summed E-state index contributed by atoms with van der Waals surface area (Å²) in [5.74, 6) is 2.09. The predicted octanol–water partition coefficient (Wildman–Crippen LogP) is 2.60. The van der Waals surface area contributed by atoms with E-state index in [-0.39, 0.29) is 11.9 Å². The van der Waals surface area contributed by atoms with Gasteiger partial charge in [-0.05, 0) is 81.4 Å². The second-order valence-electron chi connectivity index (χ2n) is 12.0. The number of nitrogens with zero attached hydrogens (tertiary/aromatic N) is 8. The molecule has 3 aliphatic heterocycles. The number of hydrogen-bond donors (Lipinski definition) is 1. The Labute approximate surface area is 242 Å². The van der Waals surface area contributed by atoms with Gasteiger partial charge < -0.3 is 30.2 Å². The number of fused-ring (bicyclic) bond motifs is 1. The molecule has 0 saturated carbocycles. The van der Waals surface area contributed by atoms with Crippen LogP contribution < -0.4 is 15.5 Å². The van der Waals surface area contributed by atoms with Crippen LogP contribution in [0.5, 0.6) is 0 Å². The van der Waals surface area contributed by atoms with Crippen molar-refractivity contribution in [2.75, 3.05) is 75.9 Å². The van der Waals surface area contributed by atoms with Gasteiger partial charge in [-0.25, -0.2) is 0 Å². The van der Waals surface area contributed by atoms with Gasteiger partial charge in [-0.2, -0.15) is 9.97 Å². The average molecular weight is 556 g/mol. The van der Waals surface area contributed by atoms with Crippen LogP contribution in [0.1, 0.15) is 35.0 Å². The molecule has 2 aromatic heterocycles. The molecule has 3 aliphatic rings. The summed E-state index contributed by atoms with van der Waals surface area (Å²) < 4.78 is 0. The van der Waals surface area contributed by atoms with Crippen molar-refractivity contribution in [3.8, 4) is 11.1 Å². The number of likely N-dealkylation sites (tertiary alicyclic amines) is 1. The van der Waals surface area contributed by atoms with Crippen LogP contribution in [0.3, 0.4) is 0 Å². The number of nitrogen functional groups attached to an aromatic ring is 1. The van der Waals surface area contributed by atoms with E-state index in [0.29, 0.717) is 17.7 Å². The maximum absolute atomic E-state index is 13.3. The first-order valence-electron chi connectivity index (χ1n) is 14.6. The number of aromatic nitrogens is 3. The van der Waals surface area contributed by atoms with Crippen LogP contribution in [-0.4, -0.2) is 108 Å². The van der Waals surface area contributed by atoms with E-state index >= 15 is 0 Å². The van der Waals surface area contributed by atoms with E-state index in [1.54, 1.807) is 6.20 Å². The van der Waals surface area contributed by atoms with E-state index in [0.717, 1.165) is 81.4 Å². The minimum Gasteiger partial charge on any atom is -0.368 e. The lowest BCUT2D eigenvalue weighted by Crippen LogP contribution is -2.45. The van der Waals surface area contributed by atoms with Crippen molar-refractivity contribution in [3.63, 3.8) is 0 Å². The molecule has 1 amide bonds. The third kappa shape index (κ3) is 5.71. The highest BCUT2D eigenvalue weighted by Crippen LogP contribution is 2.32. The quantitative estimate of drug-likeness (QED) is 0.509. The van der Waals surface area contributed by atoms with Crippen molar-refractivity contribution in [2.45, 2.75) is 38.4 Å². The molecule has 0 bridgehead atoms. The van der Waals surface area contributed by atoms with Gasteiger partial charge in [-0.1, -0.05) is 12.1 Å². The molecular formula is C31H41N9O. The second kappa shape index (κ2) is 11.3. The van der Waals surface area contributed by atoms with Crippen molar-refractivity contribution >= 4 is 23.5 Å². The first-order valence-corrected chi connectivity index (χ1v) is 14.6. The number of hydrogen-bond acceptors (Lipinski definition) is 9. The standard InChI is InChI=1S/C31H41N9O/c1-21-15-22-5-6-23(24-7-9-33-27(17-24)30(41)39-10-8-26(20-39)36(2)3)16-25(22)19-40(21)29-18-28(34-31(32)35-29)38-13-11-37(4)12-14-38/h5-7,9,16-18,21,26H,8,10-15,19-20H2,1-4H3,(H2,32,34,35). The summed E-state index contributed by atoms with van der Waals surface area (Å²) in [6.45, 7) is 8.36. The maximum Gasteiger partial charge on any atom is 0.272 e. The summed E-state index contributed by atoms with van der Waals surface area (Å²) in [5, 5.41) is 0. The van der Waals surface area contributed by atoms with Gasteiger partial charge >= 0.3 is 0 Å². The zero-order valence-electron chi connectivity index (χ0n) is 24.6. The Morgan fingerprint density at radius 1 is 0.951 bits per heavy atom. The van der Waals surface area contributed by atoms with E-state index in [1.165, 1.54) is 11.1 Å². The van der Waals surface area contributed by atoms with Crippen molar-refractivity contribution in [2.24, 2.45) is 0 Å². The summed E-state index contributed by atoms with van der Waals surface area (Å²) >= 11 is 0. The van der Waals surface area contributed by atoms with Crippen molar-refractivity contribution in [1.29, 1.82) is 0 Å². The summed E-state index contributed by atoms with van der Waals surface area (Å²) in [5.41, 5.74) is 11.4. The molecule has 10 heteroatoms. The van der Waals surface area contributed by atoms with Crippen molar-refractivity contribution in [3.05, 3.63) is 59.4 Å². The van der Waals surface area contributed by atoms with Crippen molar-refractivity contribution in [1.82, 2.24) is 29.7 Å². The molecule has 2 atom stereocenters. The van der Waals surface area contributed by atoms with Gasteiger partial charge in [-0.3, -0.25) is 9.78 Å². The lowest BCUT2D eigenvalue weighted by Gasteiger charge is -2.37. The van der Waals surface area contributed by atoms with Crippen LogP contribution in [0.4, 0.5) is 17.6 Å². The zero-order valence-corrected chi connectivity index (χ0v) is 24.6. The van der Waals surface area contributed by atoms with Gasteiger partial charge in [0.15, 0.2) is 0 Å². The number of amides is 1. The third-order valence-corrected chi connectivity index (χ3v) is 8.93. The fourth-order valence-electron chi connectivity index (χ4n) is 6.25. The van der Waals surface area contributed by atoms with Gasteiger partial charge in [0.2, 0.25) is 5.95 Å². The van der Waals surface area contributed by atoms with Crippen molar-refractivity contribution < 1.29 is 4.79 Å². The van der Waals surface area contributed by atoms with Crippen LogP contribution in [0, 0.1) is 0 Å². The topological polar surface area (TPSA) is 98.0 Å². The fourth-order valence-corrected chi connectivity index (χ4v) is 6.25. The predicted molar refractivity (Wildman–Crippen MR) is 163 cm³/mol. The summed E-state index contributed by atoms with van der Waals surface area (Å²) in [6.07, 6.45) is 3.66. The minimum absolute atomic E-state index is 0.00617. The molecule has 2 unspecified atom stereocenters. The number of likely N-dealkylation sites (N-methyl/N-ethyl adjacent to an activating group) is 2. The highest BCUT2D eigenvalue weighted by molar-refractivity contribution is 5.93. The smallest absolute Gasteiger partial charge is 0.272 e. The lowest BCUT2D eigenvalue weighted by atomic mass is 9.91. The highest BCUT2D eigenvalue weighted by atomic mass is 16.2. The minimum atomic E-state index is 0.00617. The van der Waals surface area contributed by atoms with Crippen LogP contribution in [0.15, 0.2) is 42.6 Å². The Balaban J connectivity index is 1.23. The van der Waals surface area contributed by atoms with Gasteiger partial charge in [0, 0.05) is 70.2 Å². The molecule has 2 N–H and O–H groups in total. The molecule has 2 fully saturated rings. The fraction of sp³-hybridized carbons (Fsp3) is 0.484. The summed E-state index contributed by atoms with van der Waals surface area (Å²) in [7, 11) is 6.29. The Morgan fingerprint density at radius 3 is 2.46 bits per heavy atom. The number of carbonyl (C=O) groups is 1. The Morgan fingerprint density at radius 2 is 1.71 bits per heavy atom. The molecule has 0 spiro atoms. The molecule has 2 saturated heterocycles. The number of nitrogens with two attached hydrogens (primary N) is 1. The van der Waals surface area contributed by atoms with Crippen LogP contribution in [-0.2, 0) is 13.0 Å². The van der Waals surface area contributed by atoms with E-state index in [9.17, 15) is 4.79 Å². The summed E-state index contributed by atoms with van der Waals surface area (Å²) in [4.78, 5) is 38.0. The highest BCUT2D eigenvalue weighted by Gasteiger charge is 2.29. The first kappa shape index (κ1) is 27.4. The Bertz CT molecular complexity index is 1420. The summed E-state index contributed by atoms with van der Waals surface area (Å²) in [6, 6.07) is 13.3. The number of pyridine rings is 1. The van der Waals surface area contributed by atoms with Gasteiger partial charge in [0.1, 0.15) is 17.3 Å². The van der Waals surface area contributed by atoms with E-state index < -0.39 is 0 Å². The molecule has 3 aromatic rings. The molecule has 1 aromatic carbocycles. The number of carbonyl (C=O) groups excluding carboxylic acids is 1. The lowest BCUT2D eigenvalue weighted by molar-refractivity contribution is 0.0777. The number of benzene rings is 1. The van der Waals surface area contributed by atoms with Gasteiger partial charge in [0.25, 0.3) is 5.91 Å². The molecule has 41 heavy (non-hydrogen) atoms. The molecule has 5 heterocycles. The van der Waals surface area contributed by atoms with Gasteiger partial charge in [0.05, 0.1) is 0 Å². The van der Waals surface area contributed by atoms with E-state index in [2.05, 4.69) is 86.9 Å². The van der Waals surface area contributed by atoms with Crippen LogP contribution >= 0.6 is 0 Å². The zero-order chi connectivity index (χ0) is 28.7. The molecule has 0 radical (unpaired) electrons. The maximum atomic E-state index is 13.3. The number of piperazine rings is 1. The molecular weight excluding hydrogens is 514 g/mol. The molecule has 0 aliphatic carbocycles. The first-order chi connectivity index (χ1) is 19.7. The Kier molecular flexibility index (Phi) is 7.52. The SMILES string of the molecule is CC1Cc2ccc(-c3ccnc(C(=O)N4CCC(N(C)C)C4)c3)cc2CN1c1cc(N2CCN(C)CC2)nc(N)n1. The van der Waals surface area contributed by atoms with E-state index in [4.69, 9.17) is 5.73 Å². The molecule has 6 rings (SSSR count). The van der Waals surface area contributed by atoms with Crippen LogP contribution in [0.25, 0.3) is 11.1 Å². The van der Waals surface area contributed by atoms with E-state index in [1.807, 2.05) is 17.0 Å². The molecule has 216 valence electrons. The number of anilines is 3. The largest absolute Gasteiger partial charge is 0.368 e. The Hall–Kier alpha value is -3.76.